The van der Waals surface area contributed by atoms with Gasteiger partial charge in [0, 0.05) is 12.5 Å². The number of aromatic nitrogens is 4. The van der Waals surface area contributed by atoms with Crippen molar-refractivity contribution in [2.45, 2.75) is 24.3 Å². The first-order valence-corrected chi connectivity index (χ1v) is 9.78. The number of benzene rings is 2. The Morgan fingerprint density at radius 2 is 2.00 bits per heavy atom. The third-order valence-corrected chi connectivity index (χ3v) is 5.13. The summed E-state index contributed by atoms with van der Waals surface area (Å²) >= 11 is 1.38. The molecular formula is C20H18N4O3S. The molecule has 0 radical (unpaired) electrons. The third-order valence-electron chi connectivity index (χ3n) is 4.21. The van der Waals surface area contributed by atoms with Crippen LogP contribution in [-0.2, 0) is 12.2 Å². The molecule has 4 aromatic rings. The van der Waals surface area contributed by atoms with Gasteiger partial charge in [0.1, 0.15) is 5.75 Å². The van der Waals surface area contributed by atoms with Crippen LogP contribution in [0.5, 0.6) is 5.75 Å². The summed E-state index contributed by atoms with van der Waals surface area (Å²) in [5, 5.41) is 5.02. The molecule has 0 bridgehead atoms. The molecule has 7 nitrogen and oxygen atoms in total. The summed E-state index contributed by atoms with van der Waals surface area (Å²) in [5.41, 5.74) is 1.19. The molecule has 0 saturated heterocycles. The van der Waals surface area contributed by atoms with E-state index in [0.717, 1.165) is 0 Å². The first-order valence-electron chi connectivity index (χ1n) is 8.80. The molecule has 8 heteroatoms. The number of hydrogen-bond acceptors (Lipinski definition) is 7. The Kier molecular flexibility index (Phi) is 5.12. The molecule has 142 valence electrons. The molecule has 0 fully saturated rings. The molecule has 0 aliphatic heterocycles. The van der Waals surface area contributed by atoms with E-state index in [1.54, 1.807) is 17.7 Å². The Bertz CT molecular complexity index is 1190. The Morgan fingerprint density at radius 1 is 1.14 bits per heavy atom. The van der Waals surface area contributed by atoms with Crippen molar-refractivity contribution in [3.05, 3.63) is 70.6 Å². The molecule has 0 N–H and O–H groups in total. The highest BCUT2D eigenvalue weighted by Gasteiger charge is 2.15. The zero-order valence-electron chi connectivity index (χ0n) is 15.5. The van der Waals surface area contributed by atoms with E-state index in [4.69, 9.17) is 14.2 Å². The van der Waals surface area contributed by atoms with E-state index in [1.807, 2.05) is 49.4 Å². The number of hydrogen-bond donors (Lipinski definition) is 0. The van der Waals surface area contributed by atoms with Gasteiger partial charge in [-0.2, -0.15) is 4.98 Å². The van der Waals surface area contributed by atoms with Crippen LogP contribution in [0.1, 0.15) is 18.6 Å². The van der Waals surface area contributed by atoms with E-state index in [0.29, 0.717) is 51.4 Å². The largest absolute Gasteiger partial charge is 0.497 e. The van der Waals surface area contributed by atoms with Gasteiger partial charge in [-0.1, -0.05) is 42.0 Å². The standard InChI is InChI=1S/C20H18N4O3S/c1-3-17-22-18(27-23-17)12-28-20-21-16-10-5-4-9-15(16)19(25)24(20)13-7-6-8-14(11-13)26-2/h4-11H,3,12H2,1-2H3. The van der Waals surface area contributed by atoms with Crippen LogP contribution in [0.4, 0.5) is 0 Å². The number of fused-ring (bicyclic) bond motifs is 1. The number of methoxy groups -OCH3 is 1. The van der Waals surface area contributed by atoms with E-state index >= 15 is 0 Å². The number of para-hydroxylation sites is 1. The summed E-state index contributed by atoms with van der Waals surface area (Å²) in [7, 11) is 1.59. The lowest BCUT2D eigenvalue weighted by Gasteiger charge is -2.13. The number of rotatable bonds is 6. The van der Waals surface area contributed by atoms with Crippen LogP contribution in [0.3, 0.4) is 0 Å². The van der Waals surface area contributed by atoms with Crippen LogP contribution >= 0.6 is 11.8 Å². The van der Waals surface area contributed by atoms with Crippen molar-refractivity contribution >= 4 is 22.7 Å². The van der Waals surface area contributed by atoms with E-state index in [1.165, 1.54) is 11.8 Å². The van der Waals surface area contributed by atoms with Crippen LogP contribution in [0.15, 0.2) is 63.0 Å². The van der Waals surface area contributed by atoms with Gasteiger partial charge in [-0.25, -0.2) is 4.98 Å². The predicted molar refractivity (Wildman–Crippen MR) is 107 cm³/mol. The van der Waals surface area contributed by atoms with Gasteiger partial charge in [0.25, 0.3) is 5.56 Å². The highest BCUT2D eigenvalue weighted by molar-refractivity contribution is 7.98. The van der Waals surface area contributed by atoms with Crippen molar-refractivity contribution < 1.29 is 9.26 Å². The maximum atomic E-state index is 13.2. The van der Waals surface area contributed by atoms with Gasteiger partial charge in [0.2, 0.25) is 5.89 Å². The molecule has 0 atom stereocenters. The molecule has 0 amide bonds. The number of aryl methyl sites for hydroxylation is 1. The molecule has 0 aliphatic carbocycles. The zero-order valence-corrected chi connectivity index (χ0v) is 16.3. The van der Waals surface area contributed by atoms with Gasteiger partial charge in [0.15, 0.2) is 11.0 Å². The molecule has 0 unspecified atom stereocenters. The normalized spacial score (nSPS) is 11.1. The first kappa shape index (κ1) is 18.2. The minimum Gasteiger partial charge on any atom is -0.497 e. The number of ether oxygens (including phenoxy) is 1. The van der Waals surface area contributed by atoms with Gasteiger partial charge in [0.05, 0.1) is 29.5 Å². The molecule has 28 heavy (non-hydrogen) atoms. The smallest absolute Gasteiger partial charge is 0.266 e. The molecule has 4 rings (SSSR count). The monoisotopic (exact) mass is 394 g/mol. The van der Waals surface area contributed by atoms with Crippen LogP contribution in [0.25, 0.3) is 16.6 Å². The van der Waals surface area contributed by atoms with Crippen LogP contribution in [0.2, 0.25) is 0 Å². The Labute approximate surface area is 165 Å². The van der Waals surface area contributed by atoms with Gasteiger partial charge in [-0.15, -0.1) is 0 Å². The average Bonchev–Trinajstić information content (AvgIpc) is 3.20. The van der Waals surface area contributed by atoms with Crippen molar-refractivity contribution in [3.63, 3.8) is 0 Å². The van der Waals surface area contributed by atoms with E-state index in [9.17, 15) is 4.79 Å². The highest BCUT2D eigenvalue weighted by Crippen LogP contribution is 2.25. The molecule has 2 aromatic heterocycles. The average molecular weight is 394 g/mol. The summed E-state index contributed by atoms with van der Waals surface area (Å²) in [5.74, 6) is 2.24. The second-order valence-corrected chi connectivity index (χ2v) is 6.94. The number of thioether (sulfide) groups is 1. The molecule has 2 aromatic carbocycles. The molecule has 2 heterocycles. The summed E-state index contributed by atoms with van der Waals surface area (Å²) in [6.07, 6.45) is 0.705. The SMILES string of the molecule is CCc1noc(CSc2nc3ccccc3c(=O)n2-c2cccc(OC)c2)n1. The first-order chi connectivity index (χ1) is 13.7. The second-order valence-electron chi connectivity index (χ2n) is 6.00. The summed E-state index contributed by atoms with van der Waals surface area (Å²) in [4.78, 5) is 22.3. The van der Waals surface area contributed by atoms with E-state index in [-0.39, 0.29) is 5.56 Å². The molecule has 0 aliphatic rings. The number of nitrogens with zero attached hydrogens (tertiary/aromatic N) is 4. The fourth-order valence-electron chi connectivity index (χ4n) is 2.81. The van der Waals surface area contributed by atoms with E-state index in [2.05, 4.69) is 10.1 Å². The summed E-state index contributed by atoms with van der Waals surface area (Å²) in [6.45, 7) is 1.97. The molecule has 0 spiro atoms. The predicted octanol–water partition coefficient (Wildman–Crippen LogP) is 3.63. The highest BCUT2D eigenvalue weighted by atomic mass is 32.2. The summed E-state index contributed by atoms with van der Waals surface area (Å²) < 4.78 is 12.2. The van der Waals surface area contributed by atoms with Gasteiger partial charge < -0.3 is 9.26 Å². The van der Waals surface area contributed by atoms with Crippen molar-refractivity contribution in [3.8, 4) is 11.4 Å². The van der Waals surface area contributed by atoms with Gasteiger partial charge in [-0.3, -0.25) is 9.36 Å². The second kappa shape index (κ2) is 7.85. The lowest BCUT2D eigenvalue weighted by atomic mass is 10.2. The van der Waals surface area contributed by atoms with Gasteiger partial charge in [-0.05, 0) is 24.3 Å². The van der Waals surface area contributed by atoms with Crippen molar-refractivity contribution in [1.29, 1.82) is 0 Å². The van der Waals surface area contributed by atoms with Crippen LogP contribution in [-0.4, -0.2) is 26.8 Å². The van der Waals surface area contributed by atoms with E-state index < -0.39 is 0 Å². The van der Waals surface area contributed by atoms with Crippen molar-refractivity contribution in [2.24, 2.45) is 0 Å². The zero-order chi connectivity index (χ0) is 19.5. The molecule has 0 saturated carbocycles. The Hall–Kier alpha value is -3.13. The van der Waals surface area contributed by atoms with Crippen molar-refractivity contribution in [1.82, 2.24) is 19.7 Å². The minimum atomic E-state index is -0.138. The fraction of sp³-hybridized carbons (Fsp3) is 0.200. The third kappa shape index (κ3) is 3.50. The maximum absolute atomic E-state index is 13.2. The Balaban J connectivity index is 1.81. The quantitative estimate of drug-likeness (QED) is 0.365. The summed E-state index contributed by atoms with van der Waals surface area (Å²) in [6, 6.07) is 14.6. The molecular weight excluding hydrogens is 376 g/mol. The lowest BCUT2D eigenvalue weighted by molar-refractivity contribution is 0.385. The maximum Gasteiger partial charge on any atom is 0.266 e. The van der Waals surface area contributed by atoms with Crippen LogP contribution in [0, 0.1) is 0 Å². The fourth-order valence-corrected chi connectivity index (χ4v) is 3.66. The topological polar surface area (TPSA) is 83.0 Å². The lowest BCUT2D eigenvalue weighted by Crippen LogP contribution is -2.21. The minimum absolute atomic E-state index is 0.138. The van der Waals surface area contributed by atoms with Crippen molar-refractivity contribution in [2.75, 3.05) is 7.11 Å². The Morgan fingerprint density at radius 3 is 2.79 bits per heavy atom. The van der Waals surface area contributed by atoms with Crippen LogP contribution < -0.4 is 10.3 Å². The van der Waals surface area contributed by atoms with Gasteiger partial charge >= 0.3 is 0 Å².